The maximum atomic E-state index is 10.6. The van der Waals surface area contributed by atoms with Gasteiger partial charge in [-0.15, -0.1) is 0 Å². The Labute approximate surface area is 83.6 Å². The van der Waals surface area contributed by atoms with Crippen molar-refractivity contribution in [2.45, 2.75) is 31.7 Å². The highest BCUT2D eigenvalue weighted by molar-refractivity contribution is 5.68. The molecule has 3 atom stereocenters. The Kier molecular flexibility index (Phi) is 2.44. The molecule has 0 aromatic carbocycles. The summed E-state index contributed by atoms with van der Waals surface area (Å²) in [7, 11) is 2.00. The summed E-state index contributed by atoms with van der Waals surface area (Å²) >= 11 is 0. The van der Waals surface area contributed by atoms with Gasteiger partial charge in [0.15, 0.2) is 0 Å². The molecule has 0 spiro atoms. The Morgan fingerprint density at radius 2 is 2.43 bits per heavy atom. The Bertz CT molecular complexity index is 265. The van der Waals surface area contributed by atoms with Crippen molar-refractivity contribution in [3.8, 4) is 0 Å². The van der Waals surface area contributed by atoms with E-state index in [2.05, 4.69) is 5.10 Å². The molecule has 14 heavy (non-hydrogen) atoms. The lowest BCUT2D eigenvalue weighted by molar-refractivity contribution is -0.138. The molecule has 0 aromatic rings. The van der Waals surface area contributed by atoms with Crippen LogP contribution >= 0.6 is 0 Å². The van der Waals surface area contributed by atoms with Crippen LogP contribution in [0.3, 0.4) is 0 Å². The average Bonchev–Trinajstić information content (AvgIpc) is 2.46. The van der Waals surface area contributed by atoms with Crippen LogP contribution in [0.1, 0.15) is 25.7 Å². The smallest absolute Gasteiger partial charge is 0.303 e. The second-order valence-electron chi connectivity index (χ2n) is 4.35. The Morgan fingerprint density at radius 3 is 3.14 bits per heavy atom. The van der Waals surface area contributed by atoms with Gasteiger partial charge in [0.1, 0.15) is 0 Å². The fourth-order valence-electron chi connectivity index (χ4n) is 2.61. The Balaban J connectivity index is 1.92. The number of hydrazone groups is 1. The molecule has 0 bridgehead atoms. The van der Waals surface area contributed by atoms with E-state index in [1.165, 1.54) is 0 Å². The van der Waals surface area contributed by atoms with Crippen LogP contribution in [-0.2, 0) is 4.79 Å². The van der Waals surface area contributed by atoms with Gasteiger partial charge in [0, 0.05) is 25.6 Å². The highest BCUT2D eigenvalue weighted by Crippen LogP contribution is 2.35. The number of fused-ring (bicyclic) bond motifs is 1. The van der Waals surface area contributed by atoms with Gasteiger partial charge in [0.25, 0.3) is 0 Å². The first-order valence-electron chi connectivity index (χ1n) is 5.15. The fourth-order valence-corrected chi connectivity index (χ4v) is 2.61. The van der Waals surface area contributed by atoms with E-state index in [-0.39, 0.29) is 0 Å². The van der Waals surface area contributed by atoms with Crippen LogP contribution in [0, 0.1) is 11.8 Å². The third-order valence-electron chi connectivity index (χ3n) is 3.35. The summed E-state index contributed by atoms with van der Waals surface area (Å²) in [4.78, 5) is 10.6. The molecule has 0 saturated heterocycles. The molecule has 4 nitrogen and oxygen atoms in total. The molecule has 4 heteroatoms. The van der Waals surface area contributed by atoms with Gasteiger partial charge in [-0.25, -0.2) is 0 Å². The van der Waals surface area contributed by atoms with Crippen LogP contribution in [0.4, 0.5) is 0 Å². The molecule has 1 aliphatic carbocycles. The third kappa shape index (κ3) is 1.74. The summed E-state index contributed by atoms with van der Waals surface area (Å²) in [5, 5.41) is 15.0. The number of hydrogen-bond donors (Lipinski definition) is 1. The van der Waals surface area contributed by atoms with Crippen molar-refractivity contribution in [1.29, 1.82) is 0 Å². The molecule has 1 heterocycles. The van der Waals surface area contributed by atoms with Gasteiger partial charge in [-0.1, -0.05) is 0 Å². The number of nitrogens with zero attached hydrogens (tertiary/aromatic N) is 2. The highest BCUT2D eigenvalue weighted by Gasteiger charge is 2.35. The van der Waals surface area contributed by atoms with Crippen LogP contribution in [0.5, 0.6) is 0 Å². The van der Waals surface area contributed by atoms with Gasteiger partial charge < -0.3 is 5.11 Å². The summed E-state index contributed by atoms with van der Waals surface area (Å²) < 4.78 is 0. The predicted molar refractivity (Wildman–Crippen MR) is 53.1 cm³/mol. The van der Waals surface area contributed by atoms with Gasteiger partial charge in [0.05, 0.1) is 6.04 Å². The lowest BCUT2D eigenvalue weighted by Gasteiger charge is -2.32. The van der Waals surface area contributed by atoms with E-state index in [0.717, 1.165) is 19.3 Å². The Morgan fingerprint density at radius 1 is 1.64 bits per heavy atom. The van der Waals surface area contributed by atoms with Crippen molar-refractivity contribution < 1.29 is 9.90 Å². The van der Waals surface area contributed by atoms with Gasteiger partial charge in [0.2, 0.25) is 0 Å². The van der Waals surface area contributed by atoms with Crippen LogP contribution in [0.25, 0.3) is 0 Å². The minimum Gasteiger partial charge on any atom is -0.481 e. The fraction of sp³-hybridized carbons (Fsp3) is 0.800. The molecule has 1 saturated carbocycles. The van der Waals surface area contributed by atoms with Crippen molar-refractivity contribution in [3.05, 3.63) is 0 Å². The number of carboxylic acid groups (broad SMARTS) is 1. The molecular formula is C10H16N2O2. The van der Waals surface area contributed by atoms with Crippen molar-refractivity contribution >= 4 is 12.2 Å². The quantitative estimate of drug-likeness (QED) is 0.721. The molecule has 1 fully saturated rings. The lowest BCUT2D eigenvalue weighted by Crippen LogP contribution is -2.35. The predicted octanol–water partition coefficient (Wildman–Crippen LogP) is 1.18. The molecule has 1 N–H and O–H groups in total. The summed E-state index contributed by atoms with van der Waals surface area (Å²) in [5.41, 5.74) is 0. The molecule has 2 aliphatic rings. The van der Waals surface area contributed by atoms with Crippen molar-refractivity contribution in [3.63, 3.8) is 0 Å². The molecule has 1 aliphatic heterocycles. The summed E-state index contributed by atoms with van der Waals surface area (Å²) in [6, 6.07) is 0.528. The van der Waals surface area contributed by atoms with Gasteiger partial charge in [-0.2, -0.15) is 5.10 Å². The monoisotopic (exact) mass is 196 g/mol. The van der Waals surface area contributed by atoms with Crippen LogP contribution in [-0.4, -0.2) is 35.4 Å². The summed E-state index contributed by atoms with van der Waals surface area (Å²) in [6.45, 7) is 0. The van der Waals surface area contributed by atoms with Crippen molar-refractivity contribution in [1.82, 2.24) is 5.01 Å². The van der Waals surface area contributed by atoms with Crippen LogP contribution in [0.2, 0.25) is 0 Å². The zero-order chi connectivity index (χ0) is 10.1. The van der Waals surface area contributed by atoms with Gasteiger partial charge >= 0.3 is 5.97 Å². The second kappa shape index (κ2) is 3.59. The standard InChI is InChI=1S/C10H16N2O2/c1-12-9-3-2-7(5-10(13)14)4-8(9)6-11-12/h6-9H,2-5H2,1H3,(H,13,14). The second-order valence-corrected chi connectivity index (χ2v) is 4.35. The zero-order valence-electron chi connectivity index (χ0n) is 8.39. The number of hydrogen-bond acceptors (Lipinski definition) is 3. The zero-order valence-corrected chi connectivity index (χ0v) is 8.39. The number of carbonyl (C=O) groups is 1. The van der Waals surface area contributed by atoms with E-state index in [1.54, 1.807) is 0 Å². The number of aliphatic carboxylic acids is 1. The van der Waals surface area contributed by atoms with Gasteiger partial charge in [-0.05, 0) is 25.2 Å². The van der Waals surface area contributed by atoms with E-state index >= 15 is 0 Å². The first kappa shape index (κ1) is 9.49. The van der Waals surface area contributed by atoms with Crippen LogP contribution < -0.4 is 0 Å². The number of carboxylic acids is 1. The maximum absolute atomic E-state index is 10.6. The minimum atomic E-state index is -0.670. The van der Waals surface area contributed by atoms with E-state index in [1.807, 2.05) is 18.3 Å². The maximum Gasteiger partial charge on any atom is 0.303 e. The molecular weight excluding hydrogens is 180 g/mol. The highest BCUT2D eigenvalue weighted by atomic mass is 16.4. The van der Waals surface area contributed by atoms with Crippen molar-refractivity contribution in [2.75, 3.05) is 7.05 Å². The van der Waals surface area contributed by atoms with Gasteiger partial charge in [-0.3, -0.25) is 9.80 Å². The average molecular weight is 196 g/mol. The van der Waals surface area contributed by atoms with E-state index in [0.29, 0.717) is 24.3 Å². The number of rotatable bonds is 2. The minimum absolute atomic E-state index is 0.320. The van der Waals surface area contributed by atoms with Crippen molar-refractivity contribution in [2.24, 2.45) is 16.9 Å². The first-order chi connectivity index (χ1) is 6.66. The van der Waals surface area contributed by atoms with E-state index in [4.69, 9.17) is 5.11 Å². The molecule has 0 aromatic heterocycles. The van der Waals surface area contributed by atoms with Crippen LogP contribution in [0.15, 0.2) is 5.10 Å². The molecule has 2 rings (SSSR count). The molecule has 78 valence electrons. The largest absolute Gasteiger partial charge is 0.481 e. The topological polar surface area (TPSA) is 52.9 Å². The molecule has 0 radical (unpaired) electrons. The Hall–Kier alpha value is -1.06. The summed E-state index contributed by atoms with van der Waals surface area (Å²) in [5.74, 6) is 0.168. The first-order valence-corrected chi connectivity index (χ1v) is 5.15. The molecule has 3 unspecified atom stereocenters. The lowest BCUT2D eigenvalue weighted by atomic mass is 9.77. The summed E-state index contributed by atoms with van der Waals surface area (Å²) in [6.07, 6.45) is 5.41. The van der Waals surface area contributed by atoms with E-state index in [9.17, 15) is 4.79 Å². The normalized spacial score (nSPS) is 35.8. The van der Waals surface area contributed by atoms with E-state index < -0.39 is 5.97 Å². The molecule has 0 amide bonds. The third-order valence-corrected chi connectivity index (χ3v) is 3.35. The SMILES string of the molecule is CN1N=CC2CC(CC(=O)O)CCC21.